The number of benzene rings is 1. The highest BCUT2D eigenvalue weighted by atomic mass is 16.6. The molecule has 1 aromatic rings. The number of hydrogen-bond donors (Lipinski definition) is 2. The van der Waals surface area contributed by atoms with Crippen LogP contribution in [0.3, 0.4) is 0 Å². The van der Waals surface area contributed by atoms with E-state index in [4.69, 9.17) is 4.74 Å². The molecule has 166 valence electrons. The first-order valence-corrected chi connectivity index (χ1v) is 10.8. The van der Waals surface area contributed by atoms with Gasteiger partial charge in [0.1, 0.15) is 11.1 Å². The molecule has 0 bridgehead atoms. The summed E-state index contributed by atoms with van der Waals surface area (Å²) in [5.74, 6) is -0.273. The summed E-state index contributed by atoms with van der Waals surface area (Å²) < 4.78 is 5.23. The van der Waals surface area contributed by atoms with Crippen molar-refractivity contribution < 1.29 is 19.1 Å². The van der Waals surface area contributed by atoms with Crippen molar-refractivity contribution in [1.29, 1.82) is 0 Å². The van der Waals surface area contributed by atoms with Crippen molar-refractivity contribution in [2.45, 2.75) is 77.9 Å². The van der Waals surface area contributed by atoms with E-state index in [-0.39, 0.29) is 11.8 Å². The quantitative estimate of drug-likeness (QED) is 0.721. The van der Waals surface area contributed by atoms with Crippen LogP contribution in [0.2, 0.25) is 0 Å². The molecule has 2 N–H and O–H groups in total. The SMILES string of the molecule is CCN(CC)C(=O)C1(NC(=O)c2ccc(NC(=O)OC(C)(C)C)cc2)CCCCC1. The third-order valence-corrected chi connectivity index (χ3v) is 5.31. The van der Waals surface area contributed by atoms with Gasteiger partial charge in [-0.3, -0.25) is 14.9 Å². The minimum Gasteiger partial charge on any atom is -0.444 e. The van der Waals surface area contributed by atoms with E-state index in [1.54, 1.807) is 49.9 Å². The highest BCUT2D eigenvalue weighted by molar-refractivity contribution is 5.99. The van der Waals surface area contributed by atoms with E-state index in [0.717, 1.165) is 19.3 Å². The minimum absolute atomic E-state index is 0.00348. The van der Waals surface area contributed by atoms with Gasteiger partial charge in [0.05, 0.1) is 0 Å². The lowest BCUT2D eigenvalue weighted by Crippen LogP contribution is -2.60. The van der Waals surface area contributed by atoms with Crippen molar-refractivity contribution >= 4 is 23.6 Å². The highest BCUT2D eigenvalue weighted by Crippen LogP contribution is 2.30. The van der Waals surface area contributed by atoms with Crippen LogP contribution in [0.25, 0.3) is 0 Å². The molecule has 0 atom stereocenters. The molecule has 0 heterocycles. The smallest absolute Gasteiger partial charge is 0.412 e. The minimum atomic E-state index is -0.839. The number of ether oxygens (including phenoxy) is 1. The van der Waals surface area contributed by atoms with Gasteiger partial charge < -0.3 is 15.0 Å². The molecule has 0 aliphatic heterocycles. The topological polar surface area (TPSA) is 87.7 Å². The summed E-state index contributed by atoms with van der Waals surface area (Å²) in [5, 5.41) is 5.69. The predicted molar refractivity (Wildman–Crippen MR) is 118 cm³/mol. The van der Waals surface area contributed by atoms with Crippen LogP contribution in [0.15, 0.2) is 24.3 Å². The third kappa shape index (κ3) is 6.21. The maximum atomic E-state index is 13.2. The molecule has 3 amide bonds. The Hall–Kier alpha value is -2.57. The lowest BCUT2D eigenvalue weighted by molar-refractivity contribution is -0.139. The van der Waals surface area contributed by atoms with Gasteiger partial charge in [-0.25, -0.2) is 4.79 Å². The molecule has 2 rings (SSSR count). The second-order valence-electron chi connectivity index (χ2n) is 8.78. The van der Waals surface area contributed by atoms with E-state index < -0.39 is 17.2 Å². The van der Waals surface area contributed by atoms with Crippen LogP contribution >= 0.6 is 0 Å². The van der Waals surface area contributed by atoms with Crippen LogP contribution in [-0.4, -0.2) is 47.0 Å². The monoisotopic (exact) mass is 417 g/mol. The van der Waals surface area contributed by atoms with Crippen LogP contribution < -0.4 is 10.6 Å². The Labute approximate surface area is 179 Å². The van der Waals surface area contributed by atoms with E-state index in [2.05, 4.69) is 10.6 Å². The highest BCUT2D eigenvalue weighted by Gasteiger charge is 2.42. The number of nitrogens with one attached hydrogen (secondary N) is 2. The first kappa shape index (κ1) is 23.7. The molecule has 0 spiro atoms. The van der Waals surface area contributed by atoms with Gasteiger partial charge in [0.25, 0.3) is 5.91 Å². The number of nitrogens with zero attached hydrogens (tertiary/aromatic N) is 1. The zero-order valence-corrected chi connectivity index (χ0v) is 18.8. The van der Waals surface area contributed by atoms with E-state index in [1.165, 1.54) is 0 Å². The van der Waals surface area contributed by atoms with Crippen molar-refractivity contribution in [2.24, 2.45) is 0 Å². The molecular formula is C23H35N3O4. The van der Waals surface area contributed by atoms with Gasteiger partial charge in [-0.2, -0.15) is 0 Å². The number of rotatable bonds is 6. The maximum absolute atomic E-state index is 13.2. The molecule has 7 heteroatoms. The van der Waals surface area contributed by atoms with Gasteiger partial charge in [-0.05, 0) is 71.7 Å². The molecule has 1 saturated carbocycles. The fourth-order valence-corrected chi connectivity index (χ4v) is 3.78. The summed E-state index contributed by atoms with van der Waals surface area (Å²) in [6, 6.07) is 6.58. The fourth-order valence-electron chi connectivity index (χ4n) is 3.78. The molecule has 0 saturated heterocycles. The number of anilines is 1. The molecule has 1 fully saturated rings. The number of carbonyl (C=O) groups is 3. The largest absolute Gasteiger partial charge is 0.444 e. The Morgan fingerprint density at radius 3 is 2.07 bits per heavy atom. The van der Waals surface area contributed by atoms with Crippen LogP contribution in [0.4, 0.5) is 10.5 Å². The zero-order chi connectivity index (χ0) is 22.4. The standard InChI is InChI=1S/C23H35N3O4/c1-6-26(7-2)20(28)23(15-9-8-10-16-23)25-19(27)17-11-13-18(14-12-17)24-21(29)30-22(3,4)5/h11-14H,6-10,15-16H2,1-5H3,(H,24,29)(H,25,27). The molecule has 0 radical (unpaired) electrons. The first-order chi connectivity index (χ1) is 14.1. The molecule has 1 aromatic carbocycles. The van der Waals surface area contributed by atoms with E-state index in [0.29, 0.717) is 37.2 Å². The summed E-state index contributed by atoms with van der Waals surface area (Å²) in [7, 11) is 0. The Morgan fingerprint density at radius 2 is 1.57 bits per heavy atom. The molecule has 1 aliphatic carbocycles. The summed E-state index contributed by atoms with van der Waals surface area (Å²) in [5.41, 5.74) is -0.445. The van der Waals surface area contributed by atoms with Crippen LogP contribution in [0.5, 0.6) is 0 Å². The summed E-state index contributed by atoms with van der Waals surface area (Å²) in [4.78, 5) is 39.8. The van der Waals surface area contributed by atoms with Gasteiger partial charge in [-0.1, -0.05) is 19.3 Å². The number of hydrogen-bond acceptors (Lipinski definition) is 4. The van der Waals surface area contributed by atoms with Crippen molar-refractivity contribution in [3.63, 3.8) is 0 Å². The van der Waals surface area contributed by atoms with Gasteiger partial charge in [0, 0.05) is 24.3 Å². The van der Waals surface area contributed by atoms with E-state index >= 15 is 0 Å². The average molecular weight is 418 g/mol. The fraction of sp³-hybridized carbons (Fsp3) is 0.609. The average Bonchev–Trinajstić information content (AvgIpc) is 2.68. The van der Waals surface area contributed by atoms with Crippen molar-refractivity contribution in [1.82, 2.24) is 10.2 Å². The Kier molecular flexibility index (Phi) is 7.87. The molecule has 1 aliphatic rings. The zero-order valence-electron chi connectivity index (χ0n) is 18.8. The van der Waals surface area contributed by atoms with E-state index in [9.17, 15) is 14.4 Å². The second kappa shape index (κ2) is 9.96. The summed E-state index contributed by atoms with van der Waals surface area (Å²) >= 11 is 0. The molecule has 7 nitrogen and oxygen atoms in total. The van der Waals surface area contributed by atoms with Crippen LogP contribution in [0.1, 0.15) is 77.1 Å². The number of amides is 3. The Morgan fingerprint density at radius 1 is 1.00 bits per heavy atom. The predicted octanol–water partition coefficient (Wildman–Crippen LogP) is 4.33. The Balaban J connectivity index is 2.10. The number of likely N-dealkylation sites (N-methyl/N-ethyl adjacent to an activating group) is 1. The van der Waals surface area contributed by atoms with Gasteiger partial charge in [0.2, 0.25) is 5.91 Å². The van der Waals surface area contributed by atoms with E-state index in [1.807, 2.05) is 13.8 Å². The number of carbonyl (C=O) groups excluding carboxylic acids is 3. The van der Waals surface area contributed by atoms with Gasteiger partial charge in [-0.15, -0.1) is 0 Å². The van der Waals surface area contributed by atoms with Crippen molar-refractivity contribution in [3.8, 4) is 0 Å². The molecular weight excluding hydrogens is 382 g/mol. The van der Waals surface area contributed by atoms with Crippen molar-refractivity contribution in [3.05, 3.63) is 29.8 Å². The van der Waals surface area contributed by atoms with Crippen molar-refractivity contribution in [2.75, 3.05) is 18.4 Å². The first-order valence-electron chi connectivity index (χ1n) is 10.8. The lowest BCUT2D eigenvalue weighted by atomic mass is 9.80. The van der Waals surface area contributed by atoms with Crippen LogP contribution in [0, 0.1) is 0 Å². The summed E-state index contributed by atoms with van der Waals surface area (Å²) in [6.45, 7) is 10.5. The lowest BCUT2D eigenvalue weighted by Gasteiger charge is -2.40. The third-order valence-electron chi connectivity index (χ3n) is 5.31. The second-order valence-corrected chi connectivity index (χ2v) is 8.78. The van der Waals surface area contributed by atoms with Gasteiger partial charge >= 0.3 is 6.09 Å². The normalized spacial score (nSPS) is 15.8. The van der Waals surface area contributed by atoms with Gasteiger partial charge in [0.15, 0.2) is 0 Å². The molecule has 0 aromatic heterocycles. The Bertz CT molecular complexity index is 743. The van der Waals surface area contributed by atoms with Crippen LogP contribution in [-0.2, 0) is 9.53 Å². The maximum Gasteiger partial charge on any atom is 0.412 e. The summed E-state index contributed by atoms with van der Waals surface area (Å²) in [6.07, 6.45) is 3.69. The molecule has 0 unspecified atom stereocenters. The molecule has 30 heavy (non-hydrogen) atoms.